The van der Waals surface area contributed by atoms with Gasteiger partial charge in [0.2, 0.25) is 0 Å². The number of methoxy groups -OCH3 is 1. The second-order valence-electron chi connectivity index (χ2n) is 7.22. The van der Waals surface area contributed by atoms with Crippen molar-refractivity contribution in [2.45, 2.75) is 26.9 Å². The Balaban J connectivity index is 2.02. The smallest absolute Gasteiger partial charge is 0.278 e. The standard InChI is InChI=1S/C23H25ClN2O4/c1-14(2)30-12-11-26-22(27)20(17-7-5-6-8-19(17)29-4)21(23(26)28)25-16-10-9-15(3)18(24)13-16/h5-10,13-14,25H,11-12H2,1-4H3. The molecule has 0 atom stereocenters. The van der Waals surface area contributed by atoms with Crippen LogP contribution in [-0.4, -0.2) is 43.1 Å². The number of nitrogens with zero attached hydrogens (tertiary/aromatic N) is 1. The number of rotatable bonds is 8. The van der Waals surface area contributed by atoms with E-state index in [-0.39, 0.29) is 30.5 Å². The van der Waals surface area contributed by atoms with Crippen molar-refractivity contribution in [3.8, 4) is 5.75 Å². The second-order valence-corrected chi connectivity index (χ2v) is 7.63. The summed E-state index contributed by atoms with van der Waals surface area (Å²) in [6, 6.07) is 12.5. The van der Waals surface area contributed by atoms with E-state index in [0.29, 0.717) is 22.0 Å². The van der Waals surface area contributed by atoms with E-state index in [9.17, 15) is 9.59 Å². The third kappa shape index (κ3) is 4.50. The van der Waals surface area contributed by atoms with Crippen LogP contribution in [0.15, 0.2) is 48.2 Å². The van der Waals surface area contributed by atoms with Crippen LogP contribution in [0.25, 0.3) is 5.57 Å². The normalized spacial score (nSPS) is 14.1. The maximum atomic E-state index is 13.3. The quantitative estimate of drug-likeness (QED) is 0.636. The first-order valence-electron chi connectivity index (χ1n) is 9.72. The molecule has 0 saturated carbocycles. The van der Waals surface area contributed by atoms with E-state index in [4.69, 9.17) is 21.1 Å². The van der Waals surface area contributed by atoms with Crippen LogP contribution in [-0.2, 0) is 14.3 Å². The Labute approximate surface area is 181 Å². The first kappa shape index (κ1) is 21.9. The van der Waals surface area contributed by atoms with Crippen molar-refractivity contribution < 1.29 is 19.1 Å². The van der Waals surface area contributed by atoms with E-state index in [0.717, 1.165) is 5.56 Å². The Bertz CT molecular complexity index is 1000. The summed E-state index contributed by atoms with van der Waals surface area (Å²) in [6.45, 7) is 6.12. The molecule has 2 aromatic carbocycles. The third-order valence-corrected chi connectivity index (χ3v) is 5.16. The largest absolute Gasteiger partial charge is 0.496 e. The molecule has 0 aromatic heterocycles. The molecule has 0 aliphatic carbocycles. The van der Waals surface area contributed by atoms with E-state index < -0.39 is 11.8 Å². The molecular formula is C23H25ClN2O4. The molecule has 3 rings (SSSR count). The minimum atomic E-state index is -0.412. The number of anilines is 1. The van der Waals surface area contributed by atoms with Gasteiger partial charge in [-0.1, -0.05) is 35.9 Å². The first-order chi connectivity index (χ1) is 14.3. The summed E-state index contributed by atoms with van der Waals surface area (Å²) >= 11 is 6.24. The highest BCUT2D eigenvalue weighted by Crippen LogP contribution is 2.35. The number of carbonyl (C=O) groups is 2. The fraction of sp³-hybridized carbons (Fsp3) is 0.304. The van der Waals surface area contributed by atoms with Crippen LogP contribution in [0.4, 0.5) is 5.69 Å². The Kier molecular flexibility index (Phi) is 6.80. The Morgan fingerprint density at radius 3 is 2.50 bits per heavy atom. The monoisotopic (exact) mass is 428 g/mol. The third-order valence-electron chi connectivity index (χ3n) is 4.75. The maximum Gasteiger partial charge on any atom is 0.278 e. The van der Waals surface area contributed by atoms with Crippen molar-refractivity contribution in [3.05, 3.63) is 64.3 Å². The summed E-state index contributed by atoms with van der Waals surface area (Å²) in [4.78, 5) is 27.6. The first-order valence-corrected chi connectivity index (χ1v) is 10.1. The highest BCUT2D eigenvalue weighted by Gasteiger charge is 2.40. The summed E-state index contributed by atoms with van der Waals surface area (Å²) < 4.78 is 11.0. The Morgan fingerprint density at radius 1 is 1.10 bits per heavy atom. The Morgan fingerprint density at radius 2 is 1.83 bits per heavy atom. The summed E-state index contributed by atoms with van der Waals surface area (Å²) in [7, 11) is 1.53. The number of amides is 2. The maximum absolute atomic E-state index is 13.3. The lowest BCUT2D eigenvalue weighted by Crippen LogP contribution is -2.35. The zero-order chi connectivity index (χ0) is 21.8. The van der Waals surface area contributed by atoms with Crippen molar-refractivity contribution in [1.29, 1.82) is 0 Å². The number of imide groups is 1. The number of hydrogen-bond acceptors (Lipinski definition) is 5. The Hall–Kier alpha value is -2.83. The highest BCUT2D eigenvalue weighted by molar-refractivity contribution is 6.37. The molecule has 0 unspecified atom stereocenters. The number of hydrogen-bond donors (Lipinski definition) is 1. The molecule has 1 aliphatic heterocycles. The summed E-state index contributed by atoms with van der Waals surface area (Å²) in [6.07, 6.45) is 0.00625. The van der Waals surface area contributed by atoms with Crippen molar-refractivity contribution in [2.24, 2.45) is 0 Å². The molecule has 0 spiro atoms. The van der Waals surface area contributed by atoms with Crippen LogP contribution in [0.5, 0.6) is 5.75 Å². The molecule has 1 N–H and O–H groups in total. The van der Waals surface area contributed by atoms with Gasteiger partial charge in [0.25, 0.3) is 11.8 Å². The van der Waals surface area contributed by atoms with Gasteiger partial charge in [-0.3, -0.25) is 14.5 Å². The summed E-state index contributed by atoms with van der Waals surface area (Å²) in [5, 5.41) is 3.67. The lowest BCUT2D eigenvalue weighted by atomic mass is 10.0. The number of para-hydroxylation sites is 1. The average Bonchev–Trinajstić information content (AvgIpc) is 2.94. The summed E-state index contributed by atoms with van der Waals surface area (Å²) in [5.74, 6) is -0.294. The van der Waals surface area contributed by atoms with Gasteiger partial charge in [-0.2, -0.15) is 0 Å². The number of halogens is 1. The van der Waals surface area contributed by atoms with Crippen LogP contribution in [0.1, 0.15) is 25.0 Å². The van der Waals surface area contributed by atoms with Crippen LogP contribution in [0, 0.1) is 6.92 Å². The van der Waals surface area contributed by atoms with Crippen molar-refractivity contribution >= 4 is 34.7 Å². The number of carbonyl (C=O) groups excluding carboxylic acids is 2. The van der Waals surface area contributed by atoms with Crippen LogP contribution < -0.4 is 10.1 Å². The van der Waals surface area contributed by atoms with Gasteiger partial charge in [0.05, 0.1) is 31.9 Å². The van der Waals surface area contributed by atoms with Crippen LogP contribution in [0.3, 0.4) is 0 Å². The predicted molar refractivity (Wildman–Crippen MR) is 118 cm³/mol. The molecule has 7 heteroatoms. The van der Waals surface area contributed by atoms with E-state index in [1.165, 1.54) is 12.0 Å². The predicted octanol–water partition coefficient (Wildman–Crippen LogP) is 4.27. The topological polar surface area (TPSA) is 67.9 Å². The highest BCUT2D eigenvalue weighted by atomic mass is 35.5. The van der Waals surface area contributed by atoms with Gasteiger partial charge in [-0.15, -0.1) is 0 Å². The fourth-order valence-electron chi connectivity index (χ4n) is 3.19. The van der Waals surface area contributed by atoms with E-state index in [1.54, 1.807) is 24.3 Å². The number of nitrogens with one attached hydrogen (secondary N) is 1. The number of ether oxygens (including phenoxy) is 2. The molecule has 2 aromatic rings. The van der Waals surface area contributed by atoms with Gasteiger partial charge in [-0.05, 0) is 44.5 Å². The SMILES string of the molecule is COc1ccccc1C1=C(Nc2ccc(C)c(Cl)c2)C(=O)N(CCOC(C)C)C1=O. The van der Waals surface area contributed by atoms with Gasteiger partial charge < -0.3 is 14.8 Å². The number of benzene rings is 2. The van der Waals surface area contributed by atoms with E-state index in [2.05, 4.69) is 5.32 Å². The van der Waals surface area contributed by atoms with Crippen molar-refractivity contribution in [1.82, 2.24) is 4.90 Å². The molecule has 1 heterocycles. The molecule has 0 fully saturated rings. The molecule has 30 heavy (non-hydrogen) atoms. The molecule has 158 valence electrons. The van der Waals surface area contributed by atoms with Crippen LogP contribution in [0.2, 0.25) is 5.02 Å². The number of aryl methyl sites for hydroxylation is 1. The minimum absolute atomic E-state index is 0.00625. The van der Waals surface area contributed by atoms with Gasteiger partial charge in [-0.25, -0.2) is 0 Å². The van der Waals surface area contributed by atoms with Crippen molar-refractivity contribution in [3.63, 3.8) is 0 Å². The lowest BCUT2D eigenvalue weighted by molar-refractivity contribution is -0.137. The van der Waals surface area contributed by atoms with Gasteiger partial charge in [0.1, 0.15) is 11.4 Å². The lowest BCUT2D eigenvalue weighted by Gasteiger charge is -2.16. The fourth-order valence-corrected chi connectivity index (χ4v) is 3.37. The molecule has 2 amide bonds. The van der Waals surface area contributed by atoms with E-state index >= 15 is 0 Å². The molecule has 0 radical (unpaired) electrons. The van der Waals surface area contributed by atoms with Crippen LogP contribution >= 0.6 is 11.6 Å². The second kappa shape index (κ2) is 9.32. The zero-order valence-corrected chi connectivity index (χ0v) is 18.2. The average molecular weight is 429 g/mol. The molecule has 0 saturated heterocycles. The van der Waals surface area contributed by atoms with E-state index in [1.807, 2.05) is 39.0 Å². The molecule has 6 nitrogen and oxygen atoms in total. The minimum Gasteiger partial charge on any atom is -0.496 e. The van der Waals surface area contributed by atoms with Crippen molar-refractivity contribution in [2.75, 3.05) is 25.6 Å². The van der Waals surface area contributed by atoms with Gasteiger partial charge in [0.15, 0.2) is 0 Å². The summed E-state index contributed by atoms with van der Waals surface area (Å²) in [5.41, 5.74) is 2.54. The molecule has 1 aliphatic rings. The molecule has 0 bridgehead atoms. The van der Waals surface area contributed by atoms with Gasteiger partial charge in [0, 0.05) is 16.3 Å². The van der Waals surface area contributed by atoms with Gasteiger partial charge >= 0.3 is 0 Å². The zero-order valence-electron chi connectivity index (χ0n) is 17.5. The molecular weight excluding hydrogens is 404 g/mol.